The fraction of sp³-hybridized carbons (Fsp3) is 0.364. The summed E-state index contributed by atoms with van der Waals surface area (Å²) in [5.74, 6) is 0.703. The molecule has 0 atom stereocenters. The normalized spacial score (nSPS) is 10.0. The Labute approximate surface area is 84.1 Å². The van der Waals surface area contributed by atoms with Crippen LogP contribution in [0.15, 0.2) is 24.3 Å². The van der Waals surface area contributed by atoms with Crippen molar-refractivity contribution in [3.63, 3.8) is 0 Å². The summed E-state index contributed by atoms with van der Waals surface area (Å²) in [7, 11) is 1.60. The Morgan fingerprint density at radius 3 is 2.29 bits per heavy atom. The molecule has 0 aromatic heterocycles. The van der Waals surface area contributed by atoms with Gasteiger partial charge in [-0.1, -0.05) is 0 Å². The van der Waals surface area contributed by atoms with Crippen molar-refractivity contribution >= 4 is 5.91 Å². The van der Waals surface area contributed by atoms with Gasteiger partial charge in [-0.2, -0.15) is 0 Å². The van der Waals surface area contributed by atoms with Gasteiger partial charge >= 0.3 is 0 Å². The van der Waals surface area contributed by atoms with Crippen LogP contribution in [-0.4, -0.2) is 19.1 Å². The lowest BCUT2D eigenvalue weighted by Gasteiger charge is -2.08. The van der Waals surface area contributed by atoms with E-state index in [2.05, 4.69) is 5.32 Å². The molecule has 3 nitrogen and oxygen atoms in total. The van der Waals surface area contributed by atoms with Crippen LogP contribution in [0.3, 0.4) is 0 Å². The third-order valence-electron chi connectivity index (χ3n) is 1.77. The number of ether oxygens (including phenoxy) is 1. The average molecular weight is 192 g/mol. The van der Waals surface area contributed by atoms with Crippen LogP contribution in [0.4, 0.5) is 0 Å². The van der Waals surface area contributed by atoms with E-state index in [1.807, 2.05) is 13.8 Å². The molecule has 1 N–H and O–H groups in total. The summed E-state index contributed by atoms with van der Waals surface area (Å²) in [6.45, 7) is 3.86. The summed E-state index contributed by atoms with van der Waals surface area (Å²) < 4.78 is 5.00. The zero-order valence-electron chi connectivity index (χ0n) is 8.70. The molecule has 0 bridgehead atoms. The van der Waals surface area contributed by atoms with Gasteiger partial charge in [0.15, 0.2) is 0 Å². The van der Waals surface area contributed by atoms with E-state index >= 15 is 0 Å². The molecule has 0 radical (unpaired) electrons. The van der Waals surface area contributed by atoms with Gasteiger partial charge in [-0.15, -0.1) is 0 Å². The predicted octanol–water partition coefficient (Wildman–Crippen LogP) is 1.83. The average Bonchev–Trinajstić information content (AvgIpc) is 2.17. The standard InChI is InChI=1S/C11H15NO2/c1-8(2)12-11(13)9-4-6-10(14-3)7-5-9/h4-8H,1-3H3,(H,12,13)/i11-1. The van der Waals surface area contributed by atoms with Crippen molar-refractivity contribution in [1.82, 2.24) is 5.32 Å². The number of rotatable bonds is 3. The SMILES string of the molecule is COc1ccc([11C](=O)NC(C)C)cc1. The highest BCUT2D eigenvalue weighted by molar-refractivity contribution is 5.94. The van der Waals surface area contributed by atoms with E-state index in [0.29, 0.717) is 5.56 Å². The van der Waals surface area contributed by atoms with Gasteiger partial charge < -0.3 is 10.1 Å². The van der Waals surface area contributed by atoms with Crippen molar-refractivity contribution in [3.8, 4) is 5.75 Å². The summed E-state index contributed by atoms with van der Waals surface area (Å²) in [6, 6.07) is 7.20. The molecular formula is C11H15NO2. The summed E-state index contributed by atoms with van der Waals surface area (Å²) >= 11 is 0. The lowest BCUT2D eigenvalue weighted by molar-refractivity contribution is 0.0943. The van der Waals surface area contributed by atoms with E-state index in [9.17, 15) is 4.79 Å². The van der Waals surface area contributed by atoms with Crippen molar-refractivity contribution in [2.75, 3.05) is 7.11 Å². The number of methoxy groups -OCH3 is 1. The second-order valence-electron chi connectivity index (χ2n) is 3.36. The smallest absolute Gasteiger partial charge is 0.251 e. The lowest BCUT2D eigenvalue weighted by atomic mass is 9.88. The van der Waals surface area contributed by atoms with E-state index in [1.165, 1.54) is 0 Å². The minimum absolute atomic E-state index is 0.0531. The number of carbonyl (C=O) groups is 1. The number of amides is 1. The fourth-order valence-electron chi connectivity index (χ4n) is 1.09. The molecule has 0 saturated carbocycles. The van der Waals surface area contributed by atoms with Gasteiger partial charge in [-0.05, 0) is 38.1 Å². The van der Waals surface area contributed by atoms with E-state index in [0.717, 1.165) is 5.75 Å². The molecule has 0 heterocycles. The Morgan fingerprint density at radius 1 is 1.29 bits per heavy atom. The first kappa shape index (κ1) is 10.6. The molecule has 1 amide bonds. The Bertz CT molecular complexity index is 304. The van der Waals surface area contributed by atoms with Crippen LogP contribution in [0.2, 0.25) is 0 Å². The maximum absolute atomic E-state index is 11.5. The monoisotopic (exact) mass is 192 g/mol. The Kier molecular flexibility index (Phi) is 3.51. The minimum Gasteiger partial charge on any atom is -0.497 e. The first-order valence-electron chi connectivity index (χ1n) is 4.58. The van der Waals surface area contributed by atoms with Crippen LogP contribution < -0.4 is 10.1 Å². The molecule has 0 saturated heterocycles. The molecule has 0 spiro atoms. The van der Waals surface area contributed by atoms with Gasteiger partial charge in [0, 0.05) is 11.6 Å². The molecule has 76 valence electrons. The third-order valence-corrected chi connectivity index (χ3v) is 1.77. The molecule has 14 heavy (non-hydrogen) atoms. The van der Waals surface area contributed by atoms with Crippen LogP contribution >= 0.6 is 0 Å². The van der Waals surface area contributed by atoms with Crippen molar-refractivity contribution in [2.45, 2.75) is 19.9 Å². The zero-order valence-corrected chi connectivity index (χ0v) is 8.70. The minimum atomic E-state index is -0.0531. The van der Waals surface area contributed by atoms with Gasteiger partial charge in [0.05, 0.1) is 7.11 Å². The molecule has 0 aliphatic carbocycles. The molecule has 0 aliphatic rings. The molecule has 0 unspecified atom stereocenters. The van der Waals surface area contributed by atoms with E-state index in [4.69, 9.17) is 4.74 Å². The van der Waals surface area contributed by atoms with Crippen LogP contribution in [0.5, 0.6) is 5.75 Å². The Balaban J connectivity index is 2.71. The highest BCUT2D eigenvalue weighted by Gasteiger charge is 2.05. The van der Waals surface area contributed by atoms with Gasteiger partial charge in [-0.3, -0.25) is 4.79 Å². The van der Waals surface area contributed by atoms with Gasteiger partial charge in [0.25, 0.3) is 5.91 Å². The van der Waals surface area contributed by atoms with Gasteiger partial charge in [-0.25, -0.2) is 0 Å². The number of benzene rings is 1. The largest absolute Gasteiger partial charge is 0.497 e. The topological polar surface area (TPSA) is 38.3 Å². The van der Waals surface area contributed by atoms with Crippen molar-refractivity contribution < 1.29 is 9.53 Å². The molecule has 1 rings (SSSR count). The van der Waals surface area contributed by atoms with Gasteiger partial charge in [0.2, 0.25) is 0 Å². The first-order valence-corrected chi connectivity index (χ1v) is 4.58. The second-order valence-corrected chi connectivity index (χ2v) is 3.36. The highest BCUT2D eigenvalue weighted by Crippen LogP contribution is 2.11. The molecule has 0 fully saturated rings. The first-order chi connectivity index (χ1) is 6.63. The lowest BCUT2D eigenvalue weighted by Crippen LogP contribution is -2.29. The van der Waals surface area contributed by atoms with Crippen molar-refractivity contribution in [2.24, 2.45) is 0 Å². The molecule has 1 aromatic carbocycles. The van der Waals surface area contributed by atoms with Crippen LogP contribution in [0.25, 0.3) is 0 Å². The van der Waals surface area contributed by atoms with E-state index in [-0.39, 0.29) is 11.9 Å². The number of carbonyl (C=O) groups excluding carboxylic acids is 1. The zero-order chi connectivity index (χ0) is 10.6. The van der Waals surface area contributed by atoms with Crippen molar-refractivity contribution in [1.29, 1.82) is 0 Å². The number of nitrogens with one attached hydrogen (secondary N) is 1. The van der Waals surface area contributed by atoms with Crippen LogP contribution in [0, 0.1) is 0 Å². The van der Waals surface area contributed by atoms with Gasteiger partial charge in [0.1, 0.15) is 5.75 Å². The molecule has 3 heteroatoms. The number of hydrogen-bond donors (Lipinski definition) is 1. The van der Waals surface area contributed by atoms with Crippen LogP contribution in [-0.2, 0) is 0 Å². The fourth-order valence-corrected chi connectivity index (χ4v) is 1.09. The Hall–Kier alpha value is -1.51. The highest BCUT2D eigenvalue weighted by atomic mass is 16.5. The maximum Gasteiger partial charge on any atom is 0.251 e. The maximum atomic E-state index is 11.5. The molecule has 0 aliphatic heterocycles. The summed E-state index contributed by atoms with van der Waals surface area (Å²) in [5, 5.41) is 2.82. The van der Waals surface area contributed by atoms with E-state index < -0.39 is 0 Å². The van der Waals surface area contributed by atoms with Crippen LogP contribution in [0.1, 0.15) is 24.2 Å². The second kappa shape index (κ2) is 4.65. The number of hydrogen-bond acceptors (Lipinski definition) is 2. The quantitative estimate of drug-likeness (QED) is 0.793. The Morgan fingerprint density at radius 2 is 1.86 bits per heavy atom. The third kappa shape index (κ3) is 2.76. The van der Waals surface area contributed by atoms with E-state index in [1.54, 1.807) is 31.4 Å². The summed E-state index contributed by atoms with van der Waals surface area (Å²) in [6.07, 6.45) is 0. The molecule has 1 aromatic rings. The van der Waals surface area contributed by atoms with Crippen molar-refractivity contribution in [3.05, 3.63) is 29.8 Å². The summed E-state index contributed by atoms with van der Waals surface area (Å²) in [4.78, 5) is 11.5. The molecular weight excluding hydrogens is 177 g/mol. The summed E-state index contributed by atoms with van der Waals surface area (Å²) in [5.41, 5.74) is 0.652. The predicted molar refractivity (Wildman–Crippen MR) is 55.6 cm³/mol.